The molecule has 35 heavy (non-hydrogen) atoms. The Hall–Kier alpha value is -3.72. The third-order valence-corrected chi connectivity index (χ3v) is 7.73. The highest BCUT2D eigenvalue weighted by Gasteiger charge is 2.36. The van der Waals surface area contributed by atoms with E-state index in [9.17, 15) is 22.4 Å². The van der Waals surface area contributed by atoms with Gasteiger partial charge in [0.15, 0.2) is 6.10 Å². The van der Waals surface area contributed by atoms with Crippen molar-refractivity contribution in [2.24, 2.45) is 0 Å². The Kier molecular flexibility index (Phi) is 6.88. The van der Waals surface area contributed by atoms with Gasteiger partial charge in [0.05, 0.1) is 16.1 Å². The summed E-state index contributed by atoms with van der Waals surface area (Å²) in [6, 6.07) is 18.3. The highest BCUT2D eigenvalue weighted by molar-refractivity contribution is 7.92. The Morgan fingerprint density at radius 3 is 2.54 bits per heavy atom. The molecule has 0 bridgehead atoms. The quantitative estimate of drug-likeness (QED) is 0.502. The van der Waals surface area contributed by atoms with Crippen molar-refractivity contribution in [1.82, 2.24) is 5.32 Å². The van der Waals surface area contributed by atoms with E-state index in [1.807, 2.05) is 19.1 Å². The van der Waals surface area contributed by atoms with E-state index in [0.717, 1.165) is 5.56 Å². The molecule has 0 aliphatic carbocycles. The monoisotopic (exact) mass is 496 g/mol. The summed E-state index contributed by atoms with van der Waals surface area (Å²) in [5.74, 6) is -1.73. The minimum atomic E-state index is -3.92. The van der Waals surface area contributed by atoms with Gasteiger partial charge in [-0.25, -0.2) is 17.6 Å². The fourth-order valence-electron chi connectivity index (χ4n) is 4.02. The van der Waals surface area contributed by atoms with Gasteiger partial charge in [0.1, 0.15) is 5.82 Å². The second-order valence-corrected chi connectivity index (χ2v) is 10.2. The molecule has 7 nitrogen and oxygen atoms in total. The molecule has 0 saturated heterocycles. The van der Waals surface area contributed by atoms with E-state index in [-0.39, 0.29) is 28.9 Å². The predicted octanol–water partition coefficient (Wildman–Crippen LogP) is 3.83. The fourth-order valence-corrected chi connectivity index (χ4v) is 5.76. The van der Waals surface area contributed by atoms with Gasteiger partial charge in [-0.2, -0.15) is 0 Å². The van der Waals surface area contributed by atoms with Gasteiger partial charge >= 0.3 is 5.97 Å². The van der Waals surface area contributed by atoms with E-state index < -0.39 is 28.0 Å². The van der Waals surface area contributed by atoms with Crippen molar-refractivity contribution in [2.75, 3.05) is 4.31 Å². The van der Waals surface area contributed by atoms with Crippen LogP contribution in [0.15, 0.2) is 77.7 Å². The summed E-state index contributed by atoms with van der Waals surface area (Å²) in [6.07, 6.45) is -0.518. The second kappa shape index (κ2) is 9.87. The molecule has 1 heterocycles. The van der Waals surface area contributed by atoms with Crippen LogP contribution in [0.1, 0.15) is 35.3 Å². The van der Waals surface area contributed by atoms with Crippen LogP contribution >= 0.6 is 0 Å². The van der Waals surface area contributed by atoms with Crippen molar-refractivity contribution in [3.63, 3.8) is 0 Å². The number of carbonyl (C=O) groups excluding carboxylic acids is 2. The molecular weight excluding hydrogens is 471 g/mol. The van der Waals surface area contributed by atoms with Gasteiger partial charge in [-0.15, -0.1) is 0 Å². The Labute approximate surface area is 203 Å². The molecule has 0 saturated carbocycles. The first-order valence-electron chi connectivity index (χ1n) is 11.1. The molecular formula is C26H25FN2O5S. The van der Waals surface area contributed by atoms with Crippen LogP contribution in [0.2, 0.25) is 0 Å². The maximum Gasteiger partial charge on any atom is 0.338 e. The van der Waals surface area contributed by atoms with Gasteiger partial charge in [0, 0.05) is 12.6 Å². The molecule has 2 unspecified atom stereocenters. The van der Waals surface area contributed by atoms with Crippen LogP contribution in [0.4, 0.5) is 10.1 Å². The molecule has 0 radical (unpaired) electrons. The van der Waals surface area contributed by atoms with Crippen LogP contribution < -0.4 is 9.62 Å². The third kappa shape index (κ3) is 5.19. The van der Waals surface area contributed by atoms with Crippen LogP contribution in [0.5, 0.6) is 0 Å². The largest absolute Gasteiger partial charge is 0.449 e. The maximum absolute atomic E-state index is 13.4. The third-order valence-electron chi connectivity index (χ3n) is 5.80. The lowest BCUT2D eigenvalue weighted by molar-refractivity contribution is -0.129. The van der Waals surface area contributed by atoms with Gasteiger partial charge in [0.2, 0.25) is 0 Å². The first-order valence-corrected chi connectivity index (χ1v) is 12.6. The Morgan fingerprint density at radius 2 is 1.80 bits per heavy atom. The predicted molar refractivity (Wildman–Crippen MR) is 129 cm³/mol. The van der Waals surface area contributed by atoms with Crippen LogP contribution in [0.3, 0.4) is 0 Å². The number of para-hydroxylation sites is 1. The highest BCUT2D eigenvalue weighted by Crippen LogP contribution is 2.36. The number of sulfonamides is 1. The lowest BCUT2D eigenvalue weighted by Gasteiger charge is -2.24. The van der Waals surface area contributed by atoms with Gasteiger partial charge in [-0.05, 0) is 67.8 Å². The number of hydrogen-bond acceptors (Lipinski definition) is 5. The van der Waals surface area contributed by atoms with E-state index in [4.69, 9.17) is 4.74 Å². The fraction of sp³-hybridized carbons (Fsp3) is 0.231. The molecule has 0 spiro atoms. The van der Waals surface area contributed by atoms with Gasteiger partial charge in [-0.3, -0.25) is 9.10 Å². The number of amides is 1. The molecule has 2 atom stereocenters. The number of anilines is 1. The molecule has 1 aliphatic heterocycles. The van der Waals surface area contributed by atoms with Crippen molar-refractivity contribution in [1.29, 1.82) is 0 Å². The van der Waals surface area contributed by atoms with Crippen molar-refractivity contribution < 1.29 is 27.1 Å². The number of nitrogens with zero attached hydrogens (tertiary/aromatic N) is 1. The van der Waals surface area contributed by atoms with Crippen molar-refractivity contribution >= 4 is 27.6 Å². The summed E-state index contributed by atoms with van der Waals surface area (Å²) in [6.45, 7) is 3.40. The number of carbonyl (C=O) groups is 2. The lowest BCUT2D eigenvalue weighted by Crippen LogP contribution is -2.36. The first kappa shape index (κ1) is 24.4. The van der Waals surface area contributed by atoms with Crippen LogP contribution in [-0.4, -0.2) is 32.4 Å². The SMILES string of the molecule is CC(OC(=O)c1cccc(S(=O)(=O)N2c3ccccc3CC2C)c1)C(=O)NCc1ccc(F)cc1. The normalized spacial score (nSPS) is 15.9. The molecule has 0 aromatic heterocycles. The Morgan fingerprint density at radius 1 is 1.09 bits per heavy atom. The molecule has 3 aromatic carbocycles. The molecule has 9 heteroatoms. The van der Waals surface area contributed by atoms with Crippen LogP contribution in [0.25, 0.3) is 0 Å². The van der Waals surface area contributed by atoms with E-state index in [0.29, 0.717) is 17.7 Å². The number of ether oxygens (including phenoxy) is 1. The molecule has 1 aliphatic rings. The molecule has 3 aromatic rings. The average molecular weight is 497 g/mol. The van der Waals surface area contributed by atoms with Crippen molar-refractivity contribution in [3.8, 4) is 0 Å². The summed E-state index contributed by atoms with van der Waals surface area (Å²) < 4.78 is 46.5. The minimum absolute atomic E-state index is 0.0180. The van der Waals surface area contributed by atoms with Crippen molar-refractivity contribution in [3.05, 3.63) is 95.3 Å². The zero-order chi connectivity index (χ0) is 25.2. The molecule has 1 N–H and O–H groups in total. The van der Waals surface area contributed by atoms with Crippen LogP contribution in [0, 0.1) is 5.82 Å². The van der Waals surface area contributed by atoms with Gasteiger partial charge < -0.3 is 10.1 Å². The molecule has 4 rings (SSSR count). The van der Waals surface area contributed by atoms with Crippen molar-refractivity contribution in [2.45, 2.75) is 43.9 Å². The van der Waals surface area contributed by atoms with Crippen LogP contribution in [-0.2, 0) is 32.5 Å². The number of benzene rings is 3. The highest BCUT2D eigenvalue weighted by atomic mass is 32.2. The zero-order valence-corrected chi connectivity index (χ0v) is 20.1. The van der Waals surface area contributed by atoms with Gasteiger partial charge in [-0.1, -0.05) is 36.4 Å². The number of esters is 1. The lowest BCUT2D eigenvalue weighted by atomic mass is 10.1. The second-order valence-electron chi connectivity index (χ2n) is 8.40. The molecule has 0 fully saturated rings. The standard InChI is InChI=1S/C26H25FN2O5S/c1-17-14-20-6-3-4-9-24(20)29(17)35(32,33)23-8-5-7-21(15-23)26(31)34-18(2)25(30)28-16-19-10-12-22(27)13-11-19/h3-13,15,17-18H,14,16H2,1-2H3,(H,28,30). The zero-order valence-electron chi connectivity index (χ0n) is 19.3. The number of fused-ring (bicyclic) bond motifs is 1. The minimum Gasteiger partial charge on any atom is -0.449 e. The summed E-state index contributed by atoms with van der Waals surface area (Å²) >= 11 is 0. The van der Waals surface area contributed by atoms with E-state index in [1.54, 1.807) is 12.1 Å². The summed E-state index contributed by atoms with van der Waals surface area (Å²) in [5, 5.41) is 2.62. The Balaban J connectivity index is 1.45. The van der Waals surface area contributed by atoms with E-state index >= 15 is 0 Å². The molecule has 182 valence electrons. The number of rotatable bonds is 7. The number of halogens is 1. The van der Waals surface area contributed by atoms with E-state index in [1.165, 1.54) is 59.8 Å². The maximum atomic E-state index is 13.4. The summed E-state index contributed by atoms with van der Waals surface area (Å²) in [7, 11) is -3.92. The van der Waals surface area contributed by atoms with Gasteiger partial charge in [0.25, 0.3) is 15.9 Å². The average Bonchev–Trinajstić information content (AvgIpc) is 3.19. The smallest absolute Gasteiger partial charge is 0.338 e. The Bertz CT molecular complexity index is 1360. The summed E-state index contributed by atoms with van der Waals surface area (Å²) in [4.78, 5) is 25.0. The number of hydrogen-bond donors (Lipinski definition) is 1. The summed E-state index contributed by atoms with van der Waals surface area (Å²) in [5.41, 5.74) is 2.28. The number of nitrogens with one attached hydrogen (secondary N) is 1. The molecule has 1 amide bonds. The van der Waals surface area contributed by atoms with E-state index in [2.05, 4.69) is 5.32 Å². The topological polar surface area (TPSA) is 92.8 Å². The first-order chi connectivity index (χ1) is 16.7.